The van der Waals surface area contributed by atoms with E-state index >= 15 is 0 Å². The molecule has 24 heavy (non-hydrogen) atoms. The molecule has 1 aromatic rings. The number of fused-ring (bicyclic) bond motifs is 1. The first-order chi connectivity index (χ1) is 11.3. The maximum Gasteiger partial charge on any atom is 0.410 e. The van der Waals surface area contributed by atoms with Crippen molar-refractivity contribution in [3.8, 4) is 0 Å². The van der Waals surface area contributed by atoms with E-state index in [1.165, 1.54) is 0 Å². The van der Waals surface area contributed by atoms with Crippen LogP contribution in [-0.4, -0.2) is 45.9 Å². The molecule has 1 aromatic heterocycles. The molecule has 1 saturated carbocycles. The van der Waals surface area contributed by atoms with Crippen molar-refractivity contribution in [3.05, 3.63) is 17.8 Å². The van der Waals surface area contributed by atoms with Gasteiger partial charge in [-0.2, -0.15) is 5.10 Å². The van der Waals surface area contributed by atoms with Gasteiger partial charge in [0.15, 0.2) is 0 Å². The smallest absolute Gasteiger partial charge is 0.410 e. The predicted molar refractivity (Wildman–Crippen MR) is 92.8 cm³/mol. The number of nitrogens with zero attached hydrogens (tertiary/aromatic N) is 3. The summed E-state index contributed by atoms with van der Waals surface area (Å²) in [4.78, 5) is 14.1. The summed E-state index contributed by atoms with van der Waals surface area (Å²) in [5.74, 6) is 1.96. The standard InChI is InChI=1S/C18H28N4O2/c1-5-14-6-7-16(21-20-14)19-15-8-12-10-22(11-13(12)9-15)17(23)24-18(2,3)4/h6-7,12-13,15H,5,8-11H2,1-4H3,(H,19,21)/t12-,13+,15?. The van der Waals surface area contributed by atoms with Crippen LogP contribution < -0.4 is 5.32 Å². The van der Waals surface area contributed by atoms with Crippen molar-refractivity contribution in [1.82, 2.24) is 15.1 Å². The molecule has 6 heteroatoms. The van der Waals surface area contributed by atoms with Crippen molar-refractivity contribution in [2.75, 3.05) is 18.4 Å². The van der Waals surface area contributed by atoms with E-state index in [0.717, 1.165) is 43.9 Å². The molecule has 2 aliphatic rings. The lowest BCUT2D eigenvalue weighted by Crippen LogP contribution is -2.36. The molecule has 132 valence electrons. The molecular weight excluding hydrogens is 304 g/mol. The van der Waals surface area contributed by atoms with Crippen molar-refractivity contribution in [2.45, 2.75) is 58.6 Å². The zero-order valence-electron chi connectivity index (χ0n) is 15.1. The van der Waals surface area contributed by atoms with Gasteiger partial charge in [-0.1, -0.05) is 6.92 Å². The van der Waals surface area contributed by atoms with Gasteiger partial charge in [-0.3, -0.25) is 0 Å². The SMILES string of the molecule is CCc1ccc(NC2C[C@@H]3CN(C(=O)OC(C)(C)C)C[C@@H]3C2)nn1. The third-order valence-corrected chi connectivity index (χ3v) is 4.84. The molecule has 1 amide bonds. The third-order valence-electron chi connectivity index (χ3n) is 4.84. The third kappa shape index (κ3) is 3.97. The Kier molecular flexibility index (Phi) is 4.65. The van der Waals surface area contributed by atoms with Crippen LogP contribution in [0.2, 0.25) is 0 Å². The summed E-state index contributed by atoms with van der Waals surface area (Å²) in [5, 5.41) is 11.9. The van der Waals surface area contributed by atoms with E-state index in [0.29, 0.717) is 17.9 Å². The number of amides is 1. The van der Waals surface area contributed by atoms with Gasteiger partial charge in [-0.25, -0.2) is 4.79 Å². The van der Waals surface area contributed by atoms with Crippen LogP contribution in [-0.2, 0) is 11.2 Å². The van der Waals surface area contributed by atoms with Crippen molar-refractivity contribution in [3.63, 3.8) is 0 Å². The Balaban J connectivity index is 1.50. The molecule has 1 aliphatic carbocycles. The Labute approximate surface area is 144 Å². The number of carbonyl (C=O) groups is 1. The minimum atomic E-state index is -0.428. The minimum Gasteiger partial charge on any atom is -0.444 e. The zero-order valence-corrected chi connectivity index (χ0v) is 15.1. The van der Waals surface area contributed by atoms with Gasteiger partial charge in [0, 0.05) is 19.1 Å². The van der Waals surface area contributed by atoms with Crippen LogP contribution in [0.3, 0.4) is 0 Å². The summed E-state index contributed by atoms with van der Waals surface area (Å²) in [5.41, 5.74) is 0.583. The van der Waals surface area contributed by atoms with E-state index in [2.05, 4.69) is 22.4 Å². The molecular formula is C18H28N4O2. The number of ether oxygens (including phenoxy) is 1. The van der Waals surface area contributed by atoms with Gasteiger partial charge in [-0.15, -0.1) is 5.10 Å². The first-order valence-corrected chi connectivity index (χ1v) is 8.91. The number of aryl methyl sites for hydroxylation is 1. The molecule has 1 N–H and O–H groups in total. The highest BCUT2D eigenvalue weighted by Crippen LogP contribution is 2.39. The Morgan fingerprint density at radius 1 is 1.25 bits per heavy atom. The molecule has 3 atom stereocenters. The molecule has 3 rings (SSSR count). The lowest BCUT2D eigenvalue weighted by atomic mass is 10.0. The van der Waals surface area contributed by atoms with E-state index < -0.39 is 5.60 Å². The zero-order chi connectivity index (χ0) is 17.3. The number of nitrogens with one attached hydrogen (secondary N) is 1. The van der Waals surface area contributed by atoms with Crippen molar-refractivity contribution in [1.29, 1.82) is 0 Å². The summed E-state index contributed by atoms with van der Waals surface area (Å²) < 4.78 is 5.48. The van der Waals surface area contributed by atoms with Crippen LogP contribution in [0.5, 0.6) is 0 Å². The summed E-state index contributed by atoms with van der Waals surface area (Å²) in [7, 11) is 0. The molecule has 0 bridgehead atoms. The predicted octanol–water partition coefficient (Wildman–Crippen LogP) is 3.10. The number of carbonyl (C=O) groups excluding carboxylic acids is 1. The molecule has 1 unspecified atom stereocenters. The lowest BCUT2D eigenvalue weighted by Gasteiger charge is -2.25. The molecule has 2 fully saturated rings. The molecule has 6 nitrogen and oxygen atoms in total. The van der Waals surface area contributed by atoms with E-state index in [1.807, 2.05) is 37.8 Å². The van der Waals surface area contributed by atoms with E-state index in [9.17, 15) is 4.79 Å². The average molecular weight is 332 g/mol. The summed E-state index contributed by atoms with van der Waals surface area (Å²) in [6.07, 6.45) is 2.87. The fourth-order valence-corrected chi connectivity index (χ4v) is 3.73. The van der Waals surface area contributed by atoms with Crippen LogP contribution in [0, 0.1) is 11.8 Å². The highest BCUT2D eigenvalue weighted by atomic mass is 16.6. The van der Waals surface area contributed by atoms with Gasteiger partial charge in [-0.05, 0) is 64.0 Å². The maximum absolute atomic E-state index is 12.2. The Bertz CT molecular complexity index is 568. The number of hydrogen-bond donors (Lipinski definition) is 1. The van der Waals surface area contributed by atoms with E-state index in [-0.39, 0.29) is 6.09 Å². The topological polar surface area (TPSA) is 67.4 Å². The molecule has 0 radical (unpaired) electrons. The summed E-state index contributed by atoms with van der Waals surface area (Å²) >= 11 is 0. The van der Waals surface area contributed by atoms with E-state index in [4.69, 9.17) is 4.74 Å². The normalized spacial score (nSPS) is 26.3. The summed E-state index contributed by atoms with van der Waals surface area (Å²) in [6.45, 7) is 9.41. The minimum absolute atomic E-state index is 0.178. The molecule has 1 saturated heterocycles. The van der Waals surface area contributed by atoms with Crippen molar-refractivity contribution in [2.24, 2.45) is 11.8 Å². The van der Waals surface area contributed by atoms with Gasteiger partial charge in [0.2, 0.25) is 0 Å². The average Bonchev–Trinajstić information content (AvgIpc) is 3.04. The number of anilines is 1. The monoisotopic (exact) mass is 332 g/mol. The number of likely N-dealkylation sites (tertiary alicyclic amines) is 1. The second-order valence-electron chi connectivity index (χ2n) is 7.98. The second-order valence-corrected chi connectivity index (χ2v) is 7.98. The number of aromatic nitrogens is 2. The quantitative estimate of drug-likeness (QED) is 0.921. The Morgan fingerprint density at radius 3 is 2.42 bits per heavy atom. The summed E-state index contributed by atoms with van der Waals surface area (Å²) in [6, 6.07) is 4.45. The highest BCUT2D eigenvalue weighted by molar-refractivity contribution is 5.68. The number of rotatable bonds is 3. The highest BCUT2D eigenvalue weighted by Gasteiger charge is 2.43. The van der Waals surface area contributed by atoms with Crippen LogP contribution in [0.1, 0.15) is 46.2 Å². The van der Waals surface area contributed by atoms with Crippen LogP contribution in [0.4, 0.5) is 10.6 Å². The van der Waals surface area contributed by atoms with Gasteiger partial charge in [0.25, 0.3) is 0 Å². The van der Waals surface area contributed by atoms with Crippen molar-refractivity contribution >= 4 is 11.9 Å². The Hall–Kier alpha value is -1.85. The lowest BCUT2D eigenvalue weighted by molar-refractivity contribution is 0.0280. The molecule has 1 aliphatic heterocycles. The van der Waals surface area contributed by atoms with E-state index in [1.54, 1.807) is 0 Å². The molecule has 0 aromatic carbocycles. The van der Waals surface area contributed by atoms with Gasteiger partial charge in [0.05, 0.1) is 5.69 Å². The van der Waals surface area contributed by atoms with Gasteiger partial charge >= 0.3 is 6.09 Å². The largest absolute Gasteiger partial charge is 0.444 e. The molecule has 0 spiro atoms. The second kappa shape index (κ2) is 6.57. The first kappa shape index (κ1) is 17.0. The van der Waals surface area contributed by atoms with Gasteiger partial charge < -0.3 is 15.0 Å². The maximum atomic E-state index is 12.2. The fraction of sp³-hybridized carbons (Fsp3) is 0.722. The van der Waals surface area contributed by atoms with Crippen LogP contribution in [0.15, 0.2) is 12.1 Å². The molecule has 2 heterocycles. The fourth-order valence-electron chi connectivity index (χ4n) is 3.73. The van der Waals surface area contributed by atoms with Crippen LogP contribution in [0.25, 0.3) is 0 Å². The first-order valence-electron chi connectivity index (χ1n) is 8.91. The van der Waals surface area contributed by atoms with Crippen molar-refractivity contribution < 1.29 is 9.53 Å². The number of hydrogen-bond acceptors (Lipinski definition) is 5. The van der Waals surface area contributed by atoms with Crippen LogP contribution >= 0.6 is 0 Å². The Morgan fingerprint density at radius 2 is 1.92 bits per heavy atom. The van der Waals surface area contributed by atoms with Gasteiger partial charge in [0.1, 0.15) is 11.4 Å².